The monoisotopic (exact) mass is 1410 g/mol. The maximum Gasteiger partial charge on any atom is 0.335 e. The molecule has 5 aliphatic carbocycles. The zero-order valence-electron chi connectivity index (χ0n) is 57.1. The van der Waals surface area contributed by atoms with Gasteiger partial charge in [0.2, 0.25) is 0 Å². The topological polar surface area (TPSA) is 478 Å². The smallest absolute Gasteiger partial charge is 0.335 e. The van der Waals surface area contributed by atoms with Crippen LogP contribution in [0.15, 0.2) is 11.6 Å². The molecule has 32 heteroatoms. The van der Waals surface area contributed by atoms with Gasteiger partial charge in [0.05, 0.1) is 44.7 Å². The molecule has 9 fully saturated rings. The normalized spacial score (nSPS) is 50.0. The van der Waals surface area contributed by atoms with Gasteiger partial charge in [-0.05, 0) is 90.8 Å². The number of allylic oxidation sites excluding steroid dienone is 2. The third-order valence-corrected chi connectivity index (χ3v) is 24.3. The third kappa shape index (κ3) is 13.7. The Morgan fingerprint density at radius 1 is 0.520 bits per heavy atom. The predicted octanol–water partition coefficient (Wildman–Crippen LogP) is -2.14. The fourth-order valence-corrected chi connectivity index (χ4v) is 18.7. The van der Waals surface area contributed by atoms with Crippen molar-refractivity contribution in [3.8, 4) is 0 Å². The minimum Gasteiger partial charge on any atom is -0.479 e. The van der Waals surface area contributed by atoms with Crippen LogP contribution >= 0.6 is 0 Å². The van der Waals surface area contributed by atoms with Crippen molar-refractivity contribution in [3.63, 3.8) is 0 Å². The maximum absolute atomic E-state index is 12.7. The fourth-order valence-electron chi connectivity index (χ4n) is 18.7. The number of carboxylic acid groups (broad SMARTS) is 1. The molecule has 32 nitrogen and oxygen atoms in total. The molecule has 0 aromatic carbocycles. The Morgan fingerprint density at radius 3 is 1.74 bits per heavy atom. The average Bonchev–Trinajstić information content (AvgIpc) is 0.671. The van der Waals surface area contributed by atoms with Crippen LogP contribution in [0.1, 0.15) is 128 Å². The molecule has 4 saturated carbocycles. The Balaban J connectivity index is 0.886. The fraction of sp³-hybridized carbons (Fsp3) is 0.894. The number of carbonyl (C=O) groups is 5. The number of carboxylic acids is 1. The Bertz CT molecular complexity index is 2900. The molecule has 0 amide bonds. The van der Waals surface area contributed by atoms with Crippen LogP contribution in [0.4, 0.5) is 0 Å². The van der Waals surface area contributed by atoms with Crippen LogP contribution in [0.3, 0.4) is 0 Å². The minimum atomic E-state index is -2.13. The standard InChI is InChI=1S/C66H102O32/c1-26(69)85-24-35-47(88-27(2)70)51(89-28(3)71)52(90-29(4)72)60(92-35)94-46-33(74)23-86-56(45(46)81)98-54-53(82)61(5,6)20-31-30-12-13-37-63(8)16-15-38(64(9,25-68)36(63)14-17-66(37,11)65(30,10)19-18-62(31,54)7)93-59-50(43(79)42(78)48(95-59)55(83)84)97-58-49(39(75)32(73)22-87-58)96-57-44(80)41(77)40(76)34(21-67)91-57/h12,31-54,56-60,67-68,73-82H,13-25H2,1-11H3,(H,83,84)/t31-,32+,33-,34+,35+,36+,37+,38-,39-,40+,41-,42-,43-,44+,45+,46-,47+,48-,49+,50+,51-,52+,53-,54+,56-,57-,58-,59+,60-,62+,63-,64+,65+,66+/m0/s1. The number of aliphatic hydroxyl groups is 12. The SMILES string of the molecule is CC(=O)OC[C@H]1O[C@@H](O[C@@H]2[C@@H](O)[C@H](O[C@@H]3[C@H](O)C(C)(C)C[C@H]4C5=CC[C@@H]6[C@@]7(C)CC[C@H](O[C@@H]8O[C@H](C(=O)O)[C@@H](O)[C@H](O)[C@H]8O[C@@H]8OC[C@@H](O)[C@H](O)[C@H]8O[C@@H]8O[C@H](CO)[C@@H](O)[C@H](O)[C@H]8O)[C@](C)(CO)[C@@H]7CC[C@@]6(C)[C@]5(C)CC[C@@]34C)OC[C@@H]2O)[C@H](OC(C)=O)[C@@H](OC(C)=O)[C@@H]1OC(C)=O. The van der Waals surface area contributed by atoms with E-state index in [4.69, 9.17) is 66.3 Å². The van der Waals surface area contributed by atoms with Gasteiger partial charge in [0.25, 0.3) is 0 Å². The van der Waals surface area contributed by atoms with Crippen LogP contribution in [0.2, 0.25) is 0 Å². The summed E-state index contributed by atoms with van der Waals surface area (Å²) in [6, 6.07) is 0. The number of aliphatic hydroxyl groups excluding tert-OH is 12. The summed E-state index contributed by atoms with van der Waals surface area (Å²) < 4.78 is 83.4. The van der Waals surface area contributed by atoms with E-state index >= 15 is 0 Å². The summed E-state index contributed by atoms with van der Waals surface area (Å²) in [4.78, 5) is 62.4. The summed E-state index contributed by atoms with van der Waals surface area (Å²) in [5.41, 5.74) is -2.81. The number of ether oxygens (including phenoxy) is 14. The van der Waals surface area contributed by atoms with Crippen LogP contribution in [0, 0.1) is 50.2 Å². The van der Waals surface area contributed by atoms with E-state index in [9.17, 15) is 90.4 Å². The minimum absolute atomic E-state index is 0.00526. The molecule has 0 unspecified atom stereocenters. The van der Waals surface area contributed by atoms with Crippen molar-refractivity contribution in [1.29, 1.82) is 0 Å². The number of carbonyl (C=O) groups excluding carboxylic acids is 4. The van der Waals surface area contributed by atoms with E-state index in [1.807, 2.05) is 20.8 Å². The number of esters is 4. The van der Waals surface area contributed by atoms with E-state index in [-0.39, 0.29) is 29.6 Å². The van der Waals surface area contributed by atoms with Crippen molar-refractivity contribution in [1.82, 2.24) is 0 Å². The van der Waals surface area contributed by atoms with E-state index in [1.54, 1.807) is 0 Å². The second kappa shape index (κ2) is 29.0. The number of hydrogen-bond acceptors (Lipinski definition) is 31. The summed E-state index contributed by atoms with van der Waals surface area (Å²) in [7, 11) is 0. The summed E-state index contributed by atoms with van der Waals surface area (Å²) in [6.45, 7) is 16.2. The molecule has 0 bridgehead atoms. The highest BCUT2D eigenvalue weighted by molar-refractivity contribution is 5.73. The molecular formula is C66H102O32. The number of hydrogen-bond donors (Lipinski definition) is 13. The van der Waals surface area contributed by atoms with Gasteiger partial charge in [-0.15, -0.1) is 0 Å². The molecule has 98 heavy (non-hydrogen) atoms. The average molecular weight is 1410 g/mol. The summed E-state index contributed by atoms with van der Waals surface area (Å²) in [5.74, 6) is -5.49. The van der Waals surface area contributed by atoms with Gasteiger partial charge < -0.3 is 133 Å². The van der Waals surface area contributed by atoms with Crippen molar-refractivity contribution in [2.45, 2.75) is 287 Å². The van der Waals surface area contributed by atoms with Gasteiger partial charge in [-0.1, -0.05) is 60.1 Å². The van der Waals surface area contributed by atoms with Crippen LogP contribution in [0.5, 0.6) is 0 Å². The van der Waals surface area contributed by atoms with Gasteiger partial charge in [-0.3, -0.25) is 19.2 Å². The zero-order chi connectivity index (χ0) is 72.0. The van der Waals surface area contributed by atoms with Crippen LogP contribution < -0.4 is 0 Å². The molecule has 0 spiro atoms. The lowest BCUT2D eigenvalue weighted by atomic mass is 9.33. The lowest BCUT2D eigenvalue weighted by molar-refractivity contribution is -0.388. The predicted molar refractivity (Wildman–Crippen MR) is 325 cm³/mol. The number of aliphatic carboxylic acids is 1. The quantitative estimate of drug-likeness (QED) is 0.0301. The van der Waals surface area contributed by atoms with Crippen molar-refractivity contribution in [3.05, 3.63) is 11.6 Å². The first-order chi connectivity index (χ1) is 45.8. The highest BCUT2D eigenvalue weighted by atomic mass is 16.8. The van der Waals surface area contributed by atoms with Crippen molar-refractivity contribution < 1.29 is 157 Å². The van der Waals surface area contributed by atoms with E-state index in [0.717, 1.165) is 27.7 Å². The molecule has 5 aliphatic heterocycles. The Morgan fingerprint density at radius 2 is 1.11 bits per heavy atom. The lowest BCUT2D eigenvalue weighted by Crippen LogP contribution is -2.69. The third-order valence-electron chi connectivity index (χ3n) is 24.3. The van der Waals surface area contributed by atoms with Crippen molar-refractivity contribution in [2.75, 3.05) is 33.0 Å². The number of rotatable bonds is 18. The van der Waals surface area contributed by atoms with Crippen LogP contribution in [0.25, 0.3) is 0 Å². The van der Waals surface area contributed by atoms with Crippen LogP contribution in [-0.4, -0.2) is 289 Å². The van der Waals surface area contributed by atoms with E-state index < -0.39 is 250 Å². The molecule has 5 heterocycles. The summed E-state index contributed by atoms with van der Waals surface area (Å²) >= 11 is 0. The highest BCUT2D eigenvalue weighted by Crippen LogP contribution is 2.76. The van der Waals surface area contributed by atoms with Gasteiger partial charge in [-0.25, -0.2) is 4.79 Å². The van der Waals surface area contributed by atoms with Gasteiger partial charge in [0.15, 0.2) is 55.9 Å². The van der Waals surface area contributed by atoms with Gasteiger partial charge in [-0.2, -0.15) is 0 Å². The van der Waals surface area contributed by atoms with E-state index in [1.165, 1.54) is 5.57 Å². The van der Waals surface area contributed by atoms with E-state index in [0.29, 0.717) is 44.9 Å². The molecular weight excluding hydrogens is 1300 g/mol. The molecule has 10 rings (SSSR count). The zero-order valence-corrected chi connectivity index (χ0v) is 57.1. The summed E-state index contributed by atoms with van der Waals surface area (Å²) in [5, 5.41) is 145. The highest BCUT2D eigenvalue weighted by Gasteiger charge is 2.71. The molecule has 0 radical (unpaired) electrons. The first kappa shape index (κ1) is 76.8. The molecule has 0 aromatic heterocycles. The summed E-state index contributed by atoms with van der Waals surface area (Å²) in [6.07, 6.45) is -37.0. The second-order valence-electron chi connectivity index (χ2n) is 30.7. The van der Waals surface area contributed by atoms with E-state index in [2.05, 4.69) is 33.8 Å². The largest absolute Gasteiger partial charge is 0.479 e. The maximum atomic E-state index is 12.7. The van der Waals surface area contributed by atoms with Gasteiger partial charge in [0, 0.05) is 38.5 Å². The Labute approximate surface area is 566 Å². The van der Waals surface area contributed by atoms with Crippen molar-refractivity contribution in [2.24, 2.45) is 50.2 Å². The molecule has 558 valence electrons. The first-order valence-electron chi connectivity index (χ1n) is 33.9. The van der Waals surface area contributed by atoms with Gasteiger partial charge in [0.1, 0.15) is 92.1 Å². The molecule has 34 atom stereocenters. The van der Waals surface area contributed by atoms with Crippen LogP contribution in [-0.2, 0) is 90.3 Å². The molecule has 5 saturated heterocycles. The molecule has 10 aliphatic rings. The van der Waals surface area contributed by atoms with Gasteiger partial charge >= 0.3 is 29.8 Å². The lowest BCUT2D eigenvalue weighted by Gasteiger charge is -2.72. The second-order valence-corrected chi connectivity index (χ2v) is 30.7. The molecule has 0 aromatic rings. The Hall–Kier alpha value is -3.79. The van der Waals surface area contributed by atoms with Crippen molar-refractivity contribution >= 4 is 29.8 Å². The first-order valence-corrected chi connectivity index (χ1v) is 33.9. The Kier molecular flexibility index (Phi) is 22.8. The number of fused-ring (bicyclic) bond motifs is 7. The molecule has 13 N–H and O–H groups in total.